The highest BCUT2D eigenvalue weighted by atomic mass is 32.2. The molecule has 1 amide bonds. The van der Waals surface area contributed by atoms with Crippen LogP contribution >= 0.6 is 23.1 Å². The summed E-state index contributed by atoms with van der Waals surface area (Å²) in [6.45, 7) is 9.28. The molecular weight excluding hydrogens is 476 g/mol. The lowest BCUT2D eigenvalue weighted by molar-refractivity contribution is -0.114. The molecule has 0 aliphatic carbocycles. The molecule has 0 unspecified atom stereocenters. The van der Waals surface area contributed by atoms with Crippen LogP contribution in [-0.2, 0) is 14.8 Å². The Morgan fingerprint density at radius 2 is 1.82 bits per heavy atom. The number of carbonyl (C=O) groups excluding carboxylic acids is 1. The Kier molecular flexibility index (Phi) is 8.28. The lowest BCUT2D eigenvalue weighted by Gasteiger charge is -2.24. The summed E-state index contributed by atoms with van der Waals surface area (Å²) in [7, 11) is -3.97. The number of anilines is 2. The van der Waals surface area contributed by atoms with Crippen LogP contribution in [0.2, 0.25) is 0 Å². The van der Waals surface area contributed by atoms with Crippen molar-refractivity contribution >= 4 is 49.8 Å². The molecule has 0 fully saturated rings. The SMILES string of the molecule is C=CCSc1nnc(NC(=O)CN(c2ccc(C(C)C)cc2)S(=O)(=O)c2ccc(C)cc2)s1. The van der Waals surface area contributed by atoms with Crippen LogP contribution in [-0.4, -0.2) is 36.8 Å². The van der Waals surface area contributed by atoms with E-state index in [1.54, 1.807) is 42.5 Å². The molecule has 7 nitrogen and oxygen atoms in total. The number of hydrogen-bond acceptors (Lipinski definition) is 7. The third-order valence-electron chi connectivity index (χ3n) is 4.72. The molecule has 0 spiro atoms. The van der Waals surface area contributed by atoms with E-state index in [-0.39, 0.29) is 4.90 Å². The average Bonchev–Trinajstić information content (AvgIpc) is 3.23. The first kappa shape index (κ1) is 24.9. The van der Waals surface area contributed by atoms with E-state index in [4.69, 9.17) is 0 Å². The minimum atomic E-state index is -3.97. The maximum absolute atomic E-state index is 13.5. The minimum absolute atomic E-state index is 0.118. The van der Waals surface area contributed by atoms with Crippen LogP contribution in [0.25, 0.3) is 0 Å². The number of aryl methyl sites for hydroxylation is 1. The third-order valence-corrected chi connectivity index (χ3v) is 8.48. The molecule has 0 saturated carbocycles. The van der Waals surface area contributed by atoms with Crippen molar-refractivity contribution in [3.8, 4) is 0 Å². The number of benzene rings is 2. The summed E-state index contributed by atoms with van der Waals surface area (Å²) in [5.74, 6) is 0.474. The normalized spacial score (nSPS) is 11.4. The predicted octanol–water partition coefficient (Wildman–Crippen LogP) is 5.08. The van der Waals surface area contributed by atoms with E-state index in [1.807, 2.05) is 19.1 Å². The highest BCUT2D eigenvalue weighted by molar-refractivity contribution is 8.01. The number of sulfonamides is 1. The number of amides is 1. The molecule has 0 radical (unpaired) electrons. The smallest absolute Gasteiger partial charge is 0.264 e. The molecule has 1 N–H and O–H groups in total. The van der Waals surface area contributed by atoms with Crippen molar-refractivity contribution in [3.05, 3.63) is 72.3 Å². The van der Waals surface area contributed by atoms with Gasteiger partial charge in [-0.25, -0.2) is 8.42 Å². The molecule has 3 aromatic rings. The number of carbonyl (C=O) groups is 1. The van der Waals surface area contributed by atoms with Gasteiger partial charge in [-0.05, 0) is 42.7 Å². The average molecular weight is 503 g/mol. The maximum Gasteiger partial charge on any atom is 0.264 e. The maximum atomic E-state index is 13.5. The van der Waals surface area contributed by atoms with Gasteiger partial charge >= 0.3 is 0 Å². The van der Waals surface area contributed by atoms with Crippen LogP contribution < -0.4 is 9.62 Å². The third kappa shape index (κ3) is 6.43. The van der Waals surface area contributed by atoms with E-state index in [1.165, 1.54) is 23.1 Å². The molecule has 0 aliphatic rings. The molecule has 0 bridgehead atoms. The van der Waals surface area contributed by atoms with E-state index < -0.39 is 22.5 Å². The first-order valence-electron chi connectivity index (χ1n) is 10.3. The first-order valence-corrected chi connectivity index (χ1v) is 13.5. The summed E-state index contributed by atoms with van der Waals surface area (Å²) in [5, 5.41) is 11.0. The predicted molar refractivity (Wildman–Crippen MR) is 136 cm³/mol. The molecule has 0 saturated heterocycles. The number of nitrogens with one attached hydrogen (secondary N) is 1. The second kappa shape index (κ2) is 11.0. The highest BCUT2D eigenvalue weighted by Gasteiger charge is 2.27. The quantitative estimate of drug-likeness (QED) is 0.236. The highest BCUT2D eigenvalue weighted by Crippen LogP contribution is 2.28. The number of thioether (sulfide) groups is 1. The van der Waals surface area contributed by atoms with Crippen LogP contribution in [0.4, 0.5) is 10.8 Å². The summed E-state index contributed by atoms with van der Waals surface area (Å²) in [6, 6.07) is 13.8. The Labute approximate surface area is 203 Å². The van der Waals surface area contributed by atoms with Gasteiger partial charge in [0.2, 0.25) is 11.0 Å². The lowest BCUT2D eigenvalue weighted by atomic mass is 10.0. The molecule has 1 aromatic heterocycles. The molecule has 10 heteroatoms. The molecule has 0 aliphatic heterocycles. The summed E-state index contributed by atoms with van der Waals surface area (Å²) in [5.41, 5.74) is 2.44. The fourth-order valence-corrected chi connectivity index (χ4v) is 5.87. The summed E-state index contributed by atoms with van der Waals surface area (Å²) < 4.78 is 28.8. The molecular formula is C23H26N4O3S3. The summed E-state index contributed by atoms with van der Waals surface area (Å²) in [4.78, 5) is 12.9. The molecule has 174 valence electrons. The van der Waals surface area contributed by atoms with Crippen LogP contribution in [0.5, 0.6) is 0 Å². The number of hydrogen-bond donors (Lipinski definition) is 1. The van der Waals surface area contributed by atoms with E-state index in [9.17, 15) is 13.2 Å². The van der Waals surface area contributed by atoms with Gasteiger partial charge in [-0.3, -0.25) is 14.4 Å². The van der Waals surface area contributed by atoms with Crippen molar-refractivity contribution in [2.45, 2.75) is 35.9 Å². The van der Waals surface area contributed by atoms with Gasteiger partial charge in [-0.2, -0.15) is 0 Å². The Hall–Kier alpha value is -2.69. The van der Waals surface area contributed by atoms with Crippen molar-refractivity contribution in [2.24, 2.45) is 0 Å². The molecule has 3 rings (SSSR count). The van der Waals surface area contributed by atoms with E-state index in [0.29, 0.717) is 26.8 Å². The fourth-order valence-electron chi connectivity index (χ4n) is 2.92. The fraction of sp³-hybridized carbons (Fsp3) is 0.261. The summed E-state index contributed by atoms with van der Waals surface area (Å²) in [6.07, 6.45) is 1.75. The second-order valence-electron chi connectivity index (χ2n) is 7.59. The van der Waals surface area contributed by atoms with Crippen molar-refractivity contribution in [3.63, 3.8) is 0 Å². The number of nitrogens with zero attached hydrogens (tertiary/aromatic N) is 3. The Balaban J connectivity index is 1.88. The second-order valence-corrected chi connectivity index (χ2v) is 11.7. The van der Waals surface area contributed by atoms with Gasteiger partial charge in [0.05, 0.1) is 10.6 Å². The lowest BCUT2D eigenvalue weighted by Crippen LogP contribution is -2.38. The van der Waals surface area contributed by atoms with Crippen LogP contribution in [0, 0.1) is 6.92 Å². The van der Waals surface area contributed by atoms with Gasteiger partial charge in [-0.15, -0.1) is 16.8 Å². The van der Waals surface area contributed by atoms with Gasteiger partial charge in [0.1, 0.15) is 6.54 Å². The Morgan fingerprint density at radius 3 is 2.42 bits per heavy atom. The zero-order valence-electron chi connectivity index (χ0n) is 18.7. The standard InChI is InChI=1S/C23H26N4O3S3/c1-5-14-31-23-26-25-22(32-23)24-21(28)15-27(19-10-8-18(9-11-19)16(2)3)33(29,30)20-12-6-17(4)7-13-20/h5-13,16H,1,14-15H2,2-4H3,(H,24,25,28). The Bertz CT molecular complexity index is 1200. The van der Waals surface area contributed by atoms with Crippen molar-refractivity contribution < 1.29 is 13.2 Å². The van der Waals surface area contributed by atoms with E-state index in [0.717, 1.165) is 15.4 Å². The van der Waals surface area contributed by atoms with E-state index in [2.05, 4.69) is 35.9 Å². The summed E-state index contributed by atoms with van der Waals surface area (Å²) >= 11 is 2.68. The monoisotopic (exact) mass is 502 g/mol. The Morgan fingerprint density at radius 1 is 1.15 bits per heavy atom. The van der Waals surface area contributed by atoms with Gasteiger partial charge in [-0.1, -0.05) is 72.9 Å². The zero-order chi connectivity index (χ0) is 24.0. The molecule has 33 heavy (non-hydrogen) atoms. The zero-order valence-corrected chi connectivity index (χ0v) is 21.1. The first-order chi connectivity index (χ1) is 15.7. The molecule has 1 heterocycles. The minimum Gasteiger partial charge on any atom is -0.299 e. The van der Waals surface area contributed by atoms with Gasteiger partial charge in [0.15, 0.2) is 4.34 Å². The van der Waals surface area contributed by atoms with Crippen LogP contribution in [0.15, 0.2) is 70.4 Å². The topological polar surface area (TPSA) is 92.3 Å². The van der Waals surface area contributed by atoms with Crippen molar-refractivity contribution in [1.82, 2.24) is 10.2 Å². The van der Waals surface area contributed by atoms with Gasteiger partial charge < -0.3 is 0 Å². The molecule has 2 aromatic carbocycles. The number of aromatic nitrogens is 2. The largest absolute Gasteiger partial charge is 0.299 e. The van der Waals surface area contributed by atoms with Crippen molar-refractivity contribution in [1.29, 1.82) is 0 Å². The van der Waals surface area contributed by atoms with Crippen molar-refractivity contribution in [2.75, 3.05) is 21.9 Å². The van der Waals surface area contributed by atoms with Crippen LogP contribution in [0.1, 0.15) is 30.9 Å². The molecule has 0 atom stereocenters. The number of rotatable bonds is 10. The van der Waals surface area contributed by atoms with E-state index >= 15 is 0 Å². The van der Waals surface area contributed by atoms with Gasteiger partial charge in [0, 0.05) is 5.75 Å². The van der Waals surface area contributed by atoms with Gasteiger partial charge in [0.25, 0.3) is 10.0 Å². The van der Waals surface area contributed by atoms with Crippen LogP contribution in [0.3, 0.4) is 0 Å².